The van der Waals surface area contributed by atoms with Gasteiger partial charge in [0.25, 0.3) is 0 Å². The van der Waals surface area contributed by atoms with Crippen LogP contribution in [0, 0.1) is 5.41 Å². The fraction of sp³-hybridized carbons (Fsp3) is 1.00. The van der Waals surface area contributed by atoms with Gasteiger partial charge in [-0.3, -0.25) is 0 Å². The van der Waals surface area contributed by atoms with Crippen LogP contribution in [-0.4, -0.2) is 36.0 Å². The Morgan fingerprint density at radius 1 is 1.33 bits per heavy atom. The Morgan fingerprint density at radius 3 is 2.08 bits per heavy atom. The molecule has 0 aromatic heterocycles. The molecule has 3 nitrogen and oxygen atoms in total. The summed E-state index contributed by atoms with van der Waals surface area (Å²) >= 11 is 0. The van der Waals surface area contributed by atoms with E-state index in [1.54, 1.807) is 14.2 Å². The van der Waals surface area contributed by atoms with Crippen molar-refractivity contribution in [1.29, 1.82) is 0 Å². The van der Waals surface area contributed by atoms with Crippen LogP contribution in [0.4, 0.5) is 0 Å². The molecule has 0 atom stereocenters. The molecule has 1 aliphatic heterocycles. The summed E-state index contributed by atoms with van der Waals surface area (Å²) in [5.74, 6) is 0. The highest BCUT2D eigenvalue weighted by molar-refractivity contribution is 6.66. The standard InChI is InChI=1S/C8H18O3Si/c1-8(5-11-6-8)7-12(4,9-2)10-3/h5-7H2,1-4H3. The van der Waals surface area contributed by atoms with Gasteiger partial charge in [0.05, 0.1) is 13.2 Å². The van der Waals surface area contributed by atoms with Crippen LogP contribution in [0.2, 0.25) is 12.6 Å². The molecular formula is C8H18O3Si. The van der Waals surface area contributed by atoms with Gasteiger partial charge in [-0.15, -0.1) is 0 Å². The van der Waals surface area contributed by atoms with Crippen LogP contribution in [0.15, 0.2) is 0 Å². The number of hydrogen-bond acceptors (Lipinski definition) is 3. The Labute approximate surface area is 75.3 Å². The summed E-state index contributed by atoms with van der Waals surface area (Å²) in [6.07, 6.45) is 0. The quantitative estimate of drug-likeness (QED) is 0.627. The second-order valence-electron chi connectivity index (χ2n) is 4.02. The molecule has 4 heteroatoms. The zero-order valence-corrected chi connectivity index (χ0v) is 9.35. The summed E-state index contributed by atoms with van der Waals surface area (Å²) < 4.78 is 16.0. The van der Waals surface area contributed by atoms with Crippen LogP contribution < -0.4 is 0 Å². The molecule has 0 saturated carbocycles. The van der Waals surface area contributed by atoms with Crippen LogP contribution in [0.1, 0.15) is 6.92 Å². The highest BCUT2D eigenvalue weighted by atomic mass is 28.4. The highest BCUT2D eigenvalue weighted by Crippen LogP contribution is 2.36. The molecule has 0 spiro atoms. The lowest BCUT2D eigenvalue weighted by atomic mass is 9.91. The summed E-state index contributed by atoms with van der Waals surface area (Å²) in [5.41, 5.74) is 0.299. The number of hydrogen-bond donors (Lipinski definition) is 0. The van der Waals surface area contributed by atoms with Crippen LogP contribution in [-0.2, 0) is 13.6 Å². The average Bonchev–Trinajstić information content (AvgIpc) is 2.02. The largest absolute Gasteiger partial charge is 0.398 e. The minimum Gasteiger partial charge on any atom is -0.398 e. The molecule has 0 aliphatic carbocycles. The van der Waals surface area contributed by atoms with Crippen molar-refractivity contribution in [3.05, 3.63) is 0 Å². The first-order valence-corrected chi connectivity index (χ1v) is 6.74. The second kappa shape index (κ2) is 3.45. The lowest BCUT2D eigenvalue weighted by Crippen LogP contribution is -2.49. The van der Waals surface area contributed by atoms with Gasteiger partial charge < -0.3 is 13.6 Å². The zero-order chi connectivity index (χ0) is 9.24. The van der Waals surface area contributed by atoms with Gasteiger partial charge in [0, 0.05) is 25.7 Å². The Morgan fingerprint density at radius 2 is 1.83 bits per heavy atom. The highest BCUT2D eigenvalue weighted by Gasteiger charge is 2.43. The van der Waals surface area contributed by atoms with E-state index in [0.717, 1.165) is 19.3 Å². The van der Waals surface area contributed by atoms with Gasteiger partial charge in [-0.25, -0.2) is 0 Å². The van der Waals surface area contributed by atoms with Crippen molar-refractivity contribution in [3.63, 3.8) is 0 Å². The Balaban J connectivity index is 2.46. The predicted molar refractivity (Wildman–Crippen MR) is 49.4 cm³/mol. The molecule has 0 radical (unpaired) electrons. The molecule has 0 amide bonds. The van der Waals surface area contributed by atoms with E-state index in [2.05, 4.69) is 13.5 Å². The van der Waals surface area contributed by atoms with Crippen LogP contribution >= 0.6 is 0 Å². The normalized spacial score (nSPS) is 22.0. The molecule has 0 N–H and O–H groups in total. The van der Waals surface area contributed by atoms with Crippen molar-refractivity contribution in [3.8, 4) is 0 Å². The third-order valence-corrected chi connectivity index (χ3v) is 5.74. The predicted octanol–water partition coefficient (Wildman–Crippen LogP) is 1.39. The van der Waals surface area contributed by atoms with Gasteiger partial charge in [0.2, 0.25) is 0 Å². The monoisotopic (exact) mass is 190 g/mol. The van der Waals surface area contributed by atoms with E-state index in [0.29, 0.717) is 5.41 Å². The smallest absolute Gasteiger partial charge is 0.335 e. The first-order valence-electron chi connectivity index (χ1n) is 4.22. The Kier molecular flexibility index (Phi) is 2.93. The van der Waals surface area contributed by atoms with Crippen molar-refractivity contribution >= 4 is 8.56 Å². The summed E-state index contributed by atoms with van der Waals surface area (Å²) in [4.78, 5) is 0. The first kappa shape index (κ1) is 10.2. The van der Waals surface area contributed by atoms with Crippen LogP contribution in [0.5, 0.6) is 0 Å². The second-order valence-corrected chi connectivity index (χ2v) is 7.46. The van der Waals surface area contributed by atoms with Gasteiger partial charge in [0.1, 0.15) is 0 Å². The van der Waals surface area contributed by atoms with Gasteiger partial charge in [-0.2, -0.15) is 0 Å². The summed E-state index contributed by atoms with van der Waals surface area (Å²) in [7, 11) is 1.59. The van der Waals surface area contributed by atoms with Gasteiger partial charge in [-0.1, -0.05) is 6.92 Å². The average molecular weight is 190 g/mol. The maximum absolute atomic E-state index is 5.42. The lowest BCUT2D eigenvalue weighted by Gasteiger charge is -2.42. The van der Waals surface area contributed by atoms with Crippen LogP contribution in [0.25, 0.3) is 0 Å². The third-order valence-electron chi connectivity index (χ3n) is 2.51. The molecule has 1 saturated heterocycles. The summed E-state index contributed by atoms with van der Waals surface area (Å²) in [5, 5.41) is 0. The minimum atomic E-state index is -1.88. The van der Waals surface area contributed by atoms with E-state index in [-0.39, 0.29) is 0 Å². The molecule has 1 rings (SSSR count). The minimum absolute atomic E-state index is 0.299. The zero-order valence-electron chi connectivity index (χ0n) is 8.35. The van der Waals surface area contributed by atoms with Crippen molar-refractivity contribution in [2.24, 2.45) is 5.41 Å². The fourth-order valence-electron chi connectivity index (χ4n) is 1.56. The third kappa shape index (κ3) is 2.07. The maximum atomic E-state index is 5.42. The molecule has 0 bridgehead atoms. The Bertz CT molecular complexity index is 152. The molecule has 0 aromatic carbocycles. The molecule has 1 fully saturated rings. The van der Waals surface area contributed by atoms with E-state index < -0.39 is 8.56 Å². The van der Waals surface area contributed by atoms with Crippen molar-refractivity contribution in [1.82, 2.24) is 0 Å². The topological polar surface area (TPSA) is 27.7 Å². The van der Waals surface area contributed by atoms with E-state index in [1.165, 1.54) is 0 Å². The summed E-state index contributed by atoms with van der Waals surface area (Å²) in [6.45, 7) is 6.01. The van der Waals surface area contributed by atoms with Gasteiger partial charge in [0.15, 0.2) is 0 Å². The van der Waals surface area contributed by atoms with Crippen LogP contribution in [0.3, 0.4) is 0 Å². The van der Waals surface area contributed by atoms with E-state index in [4.69, 9.17) is 13.6 Å². The lowest BCUT2D eigenvalue weighted by molar-refractivity contribution is -0.0934. The molecule has 0 unspecified atom stereocenters. The maximum Gasteiger partial charge on any atom is 0.335 e. The van der Waals surface area contributed by atoms with E-state index >= 15 is 0 Å². The van der Waals surface area contributed by atoms with E-state index in [1.807, 2.05) is 0 Å². The van der Waals surface area contributed by atoms with E-state index in [9.17, 15) is 0 Å². The van der Waals surface area contributed by atoms with Gasteiger partial charge >= 0.3 is 8.56 Å². The van der Waals surface area contributed by atoms with Crippen molar-refractivity contribution < 1.29 is 13.6 Å². The molecule has 1 heterocycles. The molecule has 1 aliphatic rings. The fourth-order valence-corrected chi connectivity index (χ4v) is 3.77. The molecule has 72 valence electrons. The molecular weight excluding hydrogens is 172 g/mol. The first-order chi connectivity index (χ1) is 5.54. The van der Waals surface area contributed by atoms with Crippen molar-refractivity contribution in [2.75, 3.05) is 27.4 Å². The summed E-state index contributed by atoms with van der Waals surface area (Å²) in [6, 6.07) is 1.02. The van der Waals surface area contributed by atoms with Gasteiger partial charge in [-0.05, 0) is 6.55 Å². The SMILES string of the molecule is CO[Si](C)(CC1(C)COC1)OC. The molecule has 0 aromatic rings. The molecule has 12 heavy (non-hydrogen) atoms. The Hall–Kier alpha value is 0.0969. The number of rotatable bonds is 4. The number of ether oxygens (including phenoxy) is 1. The van der Waals surface area contributed by atoms with Crippen molar-refractivity contribution in [2.45, 2.75) is 19.5 Å².